The van der Waals surface area contributed by atoms with Crippen molar-refractivity contribution >= 4 is 0 Å². The van der Waals surface area contributed by atoms with Gasteiger partial charge in [0.2, 0.25) is 0 Å². The fraction of sp³-hybridized carbons (Fsp3) is 1.00. The largest absolute Gasteiger partial charge is 0.0651 e. The van der Waals surface area contributed by atoms with E-state index in [4.69, 9.17) is 0 Å². The Bertz CT molecular complexity index is 207. The Kier molecular flexibility index (Phi) is 4.13. The van der Waals surface area contributed by atoms with E-state index in [9.17, 15) is 0 Å². The molecule has 16 heavy (non-hydrogen) atoms. The van der Waals surface area contributed by atoms with Crippen molar-refractivity contribution in [3.05, 3.63) is 0 Å². The Balaban J connectivity index is 2.96. The summed E-state index contributed by atoms with van der Waals surface area (Å²) in [5.41, 5.74) is 1.03. The molecule has 0 amide bonds. The predicted octanol–water partition coefficient (Wildman–Crippen LogP) is 5.52. The van der Waals surface area contributed by atoms with E-state index < -0.39 is 0 Å². The van der Waals surface area contributed by atoms with Gasteiger partial charge in [-0.25, -0.2) is 0 Å². The van der Waals surface area contributed by atoms with Crippen molar-refractivity contribution in [2.45, 2.75) is 74.1 Å². The lowest BCUT2D eigenvalue weighted by Crippen LogP contribution is -2.38. The molecule has 1 rings (SSSR count). The van der Waals surface area contributed by atoms with Crippen LogP contribution >= 0.6 is 0 Å². The maximum Gasteiger partial charge on any atom is -0.0220 e. The molecule has 2 unspecified atom stereocenters. The molecule has 1 fully saturated rings. The minimum atomic E-state index is 0.457. The first-order valence-electron chi connectivity index (χ1n) is 7.39. The van der Waals surface area contributed by atoms with Gasteiger partial charge in [0.15, 0.2) is 0 Å². The van der Waals surface area contributed by atoms with E-state index in [0.717, 1.165) is 17.8 Å². The number of hydrogen-bond donors (Lipinski definition) is 0. The average molecular weight is 224 g/mol. The molecular weight excluding hydrogens is 192 g/mol. The molecule has 0 aromatic heterocycles. The fourth-order valence-corrected chi connectivity index (χ4v) is 4.66. The first kappa shape index (κ1) is 14.1. The maximum atomic E-state index is 2.46. The van der Waals surface area contributed by atoms with Crippen molar-refractivity contribution in [2.75, 3.05) is 0 Å². The van der Waals surface area contributed by atoms with Gasteiger partial charge in [-0.1, -0.05) is 61.3 Å². The van der Waals surface area contributed by atoms with Crippen molar-refractivity contribution in [2.24, 2.45) is 28.6 Å². The van der Waals surface area contributed by atoms with Crippen LogP contribution in [0.4, 0.5) is 0 Å². The van der Waals surface area contributed by atoms with E-state index in [1.54, 1.807) is 0 Å². The second-order valence-electron chi connectivity index (χ2n) is 6.78. The zero-order valence-corrected chi connectivity index (χ0v) is 12.6. The summed E-state index contributed by atoms with van der Waals surface area (Å²) in [6.45, 7) is 16.9. The van der Waals surface area contributed by atoms with Crippen LogP contribution in [0.15, 0.2) is 0 Å². The normalized spacial score (nSPS) is 30.6. The Labute approximate surface area is 103 Å². The topological polar surface area (TPSA) is 0 Å². The zero-order chi connectivity index (χ0) is 12.6. The second kappa shape index (κ2) is 4.70. The molecule has 0 bridgehead atoms. The summed E-state index contributed by atoms with van der Waals surface area (Å²) in [5, 5.41) is 0. The van der Waals surface area contributed by atoms with E-state index in [2.05, 4.69) is 48.5 Å². The molecule has 0 aromatic carbocycles. The minimum Gasteiger partial charge on any atom is -0.0651 e. The van der Waals surface area contributed by atoms with E-state index >= 15 is 0 Å². The summed E-state index contributed by atoms with van der Waals surface area (Å²) in [4.78, 5) is 0. The first-order chi connectivity index (χ1) is 7.39. The molecule has 0 spiro atoms. The maximum absolute atomic E-state index is 2.46. The number of rotatable bonds is 5. The third kappa shape index (κ3) is 1.93. The molecule has 96 valence electrons. The number of hydrogen-bond acceptors (Lipinski definition) is 0. The SMILES string of the molecule is CCC1C(CC)C1C(CC)(CC)C(C)(C)C. The van der Waals surface area contributed by atoms with Gasteiger partial charge in [-0.15, -0.1) is 0 Å². The van der Waals surface area contributed by atoms with Crippen LogP contribution in [0, 0.1) is 28.6 Å². The highest BCUT2D eigenvalue weighted by atomic mass is 14.6. The van der Waals surface area contributed by atoms with Crippen LogP contribution in [0.25, 0.3) is 0 Å². The molecule has 0 radical (unpaired) electrons. The fourth-order valence-electron chi connectivity index (χ4n) is 4.66. The quantitative estimate of drug-likeness (QED) is 0.576. The van der Waals surface area contributed by atoms with Crippen molar-refractivity contribution in [3.8, 4) is 0 Å². The summed E-state index contributed by atoms with van der Waals surface area (Å²) < 4.78 is 0. The molecule has 2 atom stereocenters. The molecule has 0 saturated heterocycles. The highest BCUT2D eigenvalue weighted by Gasteiger charge is 2.60. The molecule has 0 nitrogen and oxygen atoms in total. The monoisotopic (exact) mass is 224 g/mol. The molecule has 0 aromatic rings. The summed E-state index contributed by atoms with van der Waals surface area (Å²) in [6.07, 6.45) is 5.48. The van der Waals surface area contributed by atoms with Gasteiger partial charge < -0.3 is 0 Å². The molecule has 1 aliphatic carbocycles. The summed E-state index contributed by atoms with van der Waals surface area (Å²) >= 11 is 0. The molecular formula is C16H32. The van der Waals surface area contributed by atoms with Crippen LogP contribution in [0.5, 0.6) is 0 Å². The van der Waals surface area contributed by atoms with E-state index in [-0.39, 0.29) is 0 Å². The van der Waals surface area contributed by atoms with Gasteiger partial charge in [-0.05, 0) is 41.4 Å². The molecule has 0 aliphatic heterocycles. The molecule has 0 heterocycles. The highest BCUT2D eigenvalue weighted by Crippen LogP contribution is 2.67. The molecule has 0 N–H and O–H groups in total. The lowest BCUT2D eigenvalue weighted by atomic mass is 9.59. The molecule has 1 aliphatic rings. The summed E-state index contributed by atoms with van der Waals surface area (Å²) in [5.74, 6) is 3.03. The molecule has 1 saturated carbocycles. The van der Waals surface area contributed by atoms with Crippen LogP contribution in [-0.2, 0) is 0 Å². The van der Waals surface area contributed by atoms with Crippen LogP contribution in [0.2, 0.25) is 0 Å². The van der Waals surface area contributed by atoms with Crippen molar-refractivity contribution in [1.82, 2.24) is 0 Å². The van der Waals surface area contributed by atoms with Crippen LogP contribution in [0.3, 0.4) is 0 Å². The highest BCUT2D eigenvalue weighted by molar-refractivity contribution is 5.08. The smallest absolute Gasteiger partial charge is 0.0220 e. The van der Waals surface area contributed by atoms with Crippen molar-refractivity contribution < 1.29 is 0 Å². The van der Waals surface area contributed by atoms with Crippen LogP contribution in [0.1, 0.15) is 74.1 Å². The van der Waals surface area contributed by atoms with Gasteiger partial charge >= 0.3 is 0 Å². The Morgan fingerprint density at radius 2 is 1.12 bits per heavy atom. The predicted molar refractivity (Wildman–Crippen MR) is 73.5 cm³/mol. The molecule has 0 heteroatoms. The van der Waals surface area contributed by atoms with Crippen molar-refractivity contribution in [1.29, 1.82) is 0 Å². The summed E-state index contributed by atoms with van der Waals surface area (Å²) in [7, 11) is 0. The third-order valence-electron chi connectivity index (χ3n) is 5.67. The van der Waals surface area contributed by atoms with Gasteiger partial charge in [-0.2, -0.15) is 0 Å². The lowest BCUT2D eigenvalue weighted by Gasteiger charge is -2.45. The Morgan fingerprint density at radius 1 is 0.750 bits per heavy atom. The second-order valence-corrected chi connectivity index (χ2v) is 6.78. The van der Waals surface area contributed by atoms with Gasteiger partial charge in [0.25, 0.3) is 0 Å². The minimum absolute atomic E-state index is 0.457. The summed E-state index contributed by atoms with van der Waals surface area (Å²) in [6, 6.07) is 0. The first-order valence-corrected chi connectivity index (χ1v) is 7.39. The average Bonchev–Trinajstić information content (AvgIpc) is 2.92. The standard InChI is InChI=1S/C16H32/c1-8-12-13(9-2)14(12)16(10-3,11-4)15(5,6)7/h12-14H,8-11H2,1-7H3. The van der Waals surface area contributed by atoms with E-state index in [0.29, 0.717) is 10.8 Å². The van der Waals surface area contributed by atoms with Gasteiger partial charge in [0, 0.05) is 0 Å². The lowest BCUT2D eigenvalue weighted by molar-refractivity contribution is 0.0359. The van der Waals surface area contributed by atoms with E-state index in [1.165, 1.54) is 25.7 Å². The van der Waals surface area contributed by atoms with Crippen LogP contribution in [-0.4, -0.2) is 0 Å². The van der Waals surface area contributed by atoms with Crippen LogP contribution < -0.4 is 0 Å². The van der Waals surface area contributed by atoms with Gasteiger partial charge in [0.05, 0.1) is 0 Å². The Morgan fingerprint density at radius 3 is 1.31 bits per heavy atom. The zero-order valence-electron chi connectivity index (χ0n) is 12.6. The van der Waals surface area contributed by atoms with Crippen molar-refractivity contribution in [3.63, 3.8) is 0 Å². The van der Waals surface area contributed by atoms with Gasteiger partial charge in [-0.3, -0.25) is 0 Å². The van der Waals surface area contributed by atoms with E-state index in [1.807, 2.05) is 0 Å². The Hall–Kier alpha value is 0. The van der Waals surface area contributed by atoms with Gasteiger partial charge in [0.1, 0.15) is 0 Å². The third-order valence-corrected chi connectivity index (χ3v) is 5.67.